The number of rotatable bonds is 3. The monoisotopic (exact) mass is 325 g/mol. The van der Waals surface area contributed by atoms with Gasteiger partial charge >= 0.3 is 0 Å². The Hall–Kier alpha value is -1.14. The molecular formula is C16H24ClN3O2. The number of carbonyl (C=O) groups is 1. The van der Waals surface area contributed by atoms with E-state index in [1.165, 1.54) is 5.56 Å². The SMILES string of the molecule is Cl.O=C(C1CN(Cc2ccccc2)CCO1)N1CCNCC1. The standard InChI is InChI=1S/C16H23N3O2.ClH/c20-16(19-8-6-17-7-9-19)15-13-18(10-11-21-15)12-14-4-2-1-3-5-14;/h1-5,15,17H,6-13H2;1H. The first-order valence-corrected chi connectivity index (χ1v) is 7.70. The molecule has 1 aromatic rings. The fourth-order valence-electron chi connectivity index (χ4n) is 2.93. The summed E-state index contributed by atoms with van der Waals surface area (Å²) >= 11 is 0. The van der Waals surface area contributed by atoms with E-state index >= 15 is 0 Å². The number of hydrogen-bond acceptors (Lipinski definition) is 4. The number of piperazine rings is 1. The molecule has 0 spiro atoms. The minimum Gasteiger partial charge on any atom is -0.366 e. The molecule has 0 aliphatic carbocycles. The number of morpholine rings is 1. The zero-order valence-electron chi connectivity index (χ0n) is 12.7. The molecule has 1 atom stereocenters. The summed E-state index contributed by atoms with van der Waals surface area (Å²) in [5, 5.41) is 3.27. The van der Waals surface area contributed by atoms with Crippen LogP contribution in [0.2, 0.25) is 0 Å². The van der Waals surface area contributed by atoms with Crippen molar-refractivity contribution in [3.8, 4) is 0 Å². The molecule has 122 valence electrons. The van der Waals surface area contributed by atoms with Gasteiger partial charge in [-0.1, -0.05) is 30.3 Å². The third-order valence-electron chi connectivity index (χ3n) is 4.10. The number of carbonyl (C=O) groups excluding carboxylic acids is 1. The summed E-state index contributed by atoms with van der Waals surface area (Å²) in [4.78, 5) is 16.7. The molecule has 0 radical (unpaired) electrons. The zero-order valence-corrected chi connectivity index (χ0v) is 13.6. The van der Waals surface area contributed by atoms with Crippen LogP contribution in [-0.2, 0) is 16.1 Å². The van der Waals surface area contributed by atoms with E-state index < -0.39 is 0 Å². The van der Waals surface area contributed by atoms with Crippen LogP contribution in [0.15, 0.2) is 30.3 Å². The Labute approximate surface area is 138 Å². The van der Waals surface area contributed by atoms with Crippen molar-refractivity contribution < 1.29 is 9.53 Å². The van der Waals surface area contributed by atoms with E-state index in [2.05, 4.69) is 34.5 Å². The van der Waals surface area contributed by atoms with E-state index in [1.54, 1.807) is 0 Å². The van der Waals surface area contributed by atoms with Crippen molar-refractivity contribution in [2.75, 3.05) is 45.9 Å². The molecule has 2 saturated heterocycles. The Bertz CT molecular complexity index is 466. The lowest BCUT2D eigenvalue weighted by Crippen LogP contribution is -2.54. The third kappa shape index (κ3) is 4.43. The van der Waals surface area contributed by atoms with Gasteiger partial charge in [0.05, 0.1) is 6.61 Å². The molecule has 3 rings (SSSR count). The minimum absolute atomic E-state index is 0. The highest BCUT2D eigenvalue weighted by atomic mass is 35.5. The first-order chi connectivity index (χ1) is 10.3. The van der Waals surface area contributed by atoms with E-state index in [1.807, 2.05) is 11.0 Å². The summed E-state index contributed by atoms with van der Waals surface area (Å²) in [6.45, 7) is 6.44. The molecule has 1 amide bonds. The Morgan fingerprint density at radius 2 is 1.91 bits per heavy atom. The van der Waals surface area contributed by atoms with E-state index in [0.29, 0.717) is 13.2 Å². The van der Waals surface area contributed by atoms with Gasteiger partial charge in [-0.3, -0.25) is 9.69 Å². The predicted octanol–water partition coefficient (Wildman–Crippen LogP) is 0.741. The molecule has 1 aromatic carbocycles. The van der Waals surface area contributed by atoms with Gasteiger partial charge in [-0.25, -0.2) is 0 Å². The van der Waals surface area contributed by atoms with Gasteiger partial charge in [-0.15, -0.1) is 12.4 Å². The fraction of sp³-hybridized carbons (Fsp3) is 0.562. The summed E-state index contributed by atoms with van der Waals surface area (Å²) < 4.78 is 5.71. The largest absolute Gasteiger partial charge is 0.366 e. The summed E-state index contributed by atoms with van der Waals surface area (Å²) in [5.74, 6) is 0.147. The second-order valence-corrected chi connectivity index (χ2v) is 5.66. The van der Waals surface area contributed by atoms with Crippen LogP contribution in [0.1, 0.15) is 5.56 Å². The van der Waals surface area contributed by atoms with Gasteiger partial charge in [0.2, 0.25) is 0 Å². The van der Waals surface area contributed by atoms with Gasteiger partial charge in [0.15, 0.2) is 0 Å². The smallest absolute Gasteiger partial charge is 0.253 e. The molecule has 2 heterocycles. The first-order valence-electron chi connectivity index (χ1n) is 7.70. The number of benzene rings is 1. The molecular weight excluding hydrogens is 302 g/mol. The Kier molecular flexibility index (Phi) is 6.64. The number of nitrogens with zero attached hydrogens (tertiary/aromatic N) is 2. The maximum Gasteiger partial charge on any atom is 0.253 e. The highest BCUT2D eigenvalue weighted by Gasteiger charge is 2.30. The Balaban J connectivity index is 0.00000176. The van der Waals surface area contributed by atoms with Crippen LogP contribution in [-0.4, -0.2) is 67.7 Å². The van der Waals surface area contributed by atoms with Crippen molar-refractivity contribution in [3.63, 3.8) is 0 Å². The fourth-order valence-corrected chi connectivity index (χ4v) is 2.93. The van der Waals surface area contributed by atoms with Crippen LogP contribution in [0.25, 0.3) is 0 Å². The van der Waals surface area contributed by atoms with Gasteiger partial charge in [-0.05, 0) is 5.56 Å². The molecule has 0 bridgehead atoms. The number of amides is 1. The number of hydrogen-bond donors (Lipinski definition) is 1. The van der Waals surface area contributed by atoms with Crippen LogP contribution in [0, 0.1) is 0 Å². The average Bonchev–Trinajstić information content (AvgIpc) is 2.56. The lowest BCUT2D eigenvalue weighted by Gasteiger charge is -2.36. The Morgan fingerprint density at radius 3 is 2.64 bits per heavy atom. The van der Waals surface area contributed by atoms with Crippen LogP contribution >= 0.6 is 12.4 Å². The Morgan fingerprint density at radius 1 is 1.18 bits per heavy atom. The van der Waals surface area contributed by atoms with Gasteiger partial charge in [0, 0.05) is 45.8 Å². The van der Waals surface area contributed by atoms with E-state index in [-0.39, 0.29) is 24.4 Å². The predicted molar refractivity (Wildman–Crippen MR) is 88.2 cm³/mol. The van der Waals surface area contributed by atoms with Gasteiger partial charge in [-0.2, -0.15) is 0 Å². The zero-order chi connectivity index (χ0) is 14.5. The van der Waals surface area contributed by atoms with Crippen molar-refractivity contribution in [3.05, 3.63) is 35.9 Å². The summed E-state index contributed by atoms with van der Waals surface area (Å²) in [5.41, 5.74) is 1.28. The molecule has 2 aliphatic heterocycles. The normalized spacial score (nSPS) is 22.9. The van der Waals surface area contributed by atoms with Crippen LogP contribution in [0.3, 0.4) is 0 Å². The van der Waals surface area contributed by atoms with Crippen LogP contribution in [0.4, 0.5) is 0 Å². The lowest BCUT2D eigenvalue weighted by atomic mass is 10.1. The highest BCUT2D eigenvalue weighted by Crippen LogP contribution is 2.12. The molecule has 2 aliphatic rings. The minimum atomic E-state index is -0.305. The molecule has 22 heavy (non-hydrogen) atoms. The van der Waals surface area contributed by atoms with Gasteiger partial charge in [0.25, 0.3) is 5.91 Å². The average molecular weight is 326 g/mol. The first kappa shape index (κ1) is 17.2. The van der Waals surface area contributed by atoms with Gasteiger partial charge in [0.1, 0.15) is 6.10 Å². The molecule has 5 nitrogen and oxygen atoms in total. The maximum atomic E-state index is 12.5. The van der Waals surface area contributed by atoms with Crippen molar-refractivity contribution in [1.82, 2.24) is 15.1 Å². The molecule has 6 heteroatoms. The van der Waals surface area contributed by atoms with E-state index in [0.717, 1.165) is 39.3 Å². The second-order valence-electron chi connectivity index (χ2n) is 5.66. The molecule has 0 aromatic heterocycles. The van der Waals surface area contributed by atoms with Gasteiger partial charge < -0.3 is 15.0 Å². The van der Waals surface area contributed by atoms with Crippen molar-refractivity contribution in [1.29, 1.82) is 0 Å². The number of ether oxygens (including phenoxy) is 1. The van der Waals surface area contributed by atoms with Crippen molar-refractivity contribution in [2.24, 2.45) is 0 Å². The van der Waals surface area contributed by atoms with E-state index in [4.69, 9.17) is 4.74 Å². The second kappa shape index (κ2) is 8.48. The number of halogens is 1. The highest BCUT2D eigenvalue weighted by molar-refractivity contribution is 5.85. The van der Waals surface area contributed by atoms with E-state index in [9.17, 15) is 4.79 Å². The topological polar surface area (TPSA) is 44.8 Å². The number of nitrogens with one attached hydrogen (secondary N) is 1. The van der Waals surface area contributed by atoms with Crippen molar-refractivity contribution in [2.45, 2.75) is 12.6 Å². The van der Waals surface area contributed by atoms with Crippen LogP contribution in [0.5, 0.6) is 0 Å². The summed E-state index contributed by atoms with van der Waals surface area (Å²) in [7, 11) is 0. The van der Waals surface area contributed by atoms with Crippen molar-refractivity contribution >= 4 is 18.3 Å². The third-order valence-corrected chi connectivity index (χ3v) is 4.10. The summed E-state index contributed by atoms with van der Waals surface area (Å²) in [6.07, 6.45) is -0.305. The maximum absolute atomic E-state index is 12.5. The quantitative estimate of drug-likeness (QED) is 0.890. The molecule has 2 fully saturated rings. The van der Waals surface area contributed by atoms with Crippen LogP contribution < -0.4 is 5.32 Å². The summed E-state index contributed by atoms with van der Waals surface area (Å²) in [6, 6.07) is 10.4. The molecule has 1 N–H and O–H groups in total. The lowest BCUT2D eigenvalue weighted by molar-refractivity contribution is -0.150. The molecule has 0 saturated carbocycles. The molecule has 1 unspecified atom stereocenters.